The topological polar surface area (TPSA) is 36.4 Å². The quantitative estimate of drug-likeness (QED) is 0.941. The maximum atomic E-state index is 13.1. The van der Waals surface area contributed by atoms with Gasteiger partial charge in [0.15, 0.2) is 0 Å². The van der Waals surface area contributed by atoms with E-state index < -0.39 is 18.3 Å². The molecule has 0 atom stereocenters. The number of rotatable bonds is 4. The normalized spacial score (nSPS) is 11.5. The van der Waals surface area contributed by atoms with Gasteiger partial charge in [-0.3, -0.25) is 4.98 Å². The van der Waals surface area contributed by atoms with Crippen molar-refractivity contribution in [2.24, 2.45) is 0 Å². The molecule has 2 rings (SSSR count). The van der Waals surface area contributed by atoms with Gasteiger partial charge in [0.05, 0.1) is 12.2 Å². The molecule has 0 radical (unpaired) electrons. The third-order valence-corrected chi connectivity index (χ3v) is 3.10. The molecule has 0 bridgehead atoms. The van der Waals surface area contributed by atoms with Gasteiger partial charge in [0.2, 0.25) is 0 Å². The van der Waals surface area contributed by atoms with Crippen molar-refractivity contribution in [3.8, 4) is 0 Å². The van der Waals surface area contributed by atoms with E-state index in [1.807, 2.05) is 0 Å². The van der Waals surface area contributed by atoms with Crippen LogP contribution in [0.25, 0.3) is 0 Å². The number of nitrogens with zero attached hydrogens (tertiary/aromatic N) is 2. The smallest absolute Gasteiger partial charge is 0.392 e. The molecule has 1 heterocycles. The van der Waals surface area contributed by atoms with Gasteiger partial charge in [-0.1, -0.05) is 12.1 Å². The van der Waals surface area contributed by atoms with E-state index in [1.165, 1.54) is 17.0 Å². The van der Waals surface area contributed by atoms with E-state index in [4.69, 9.17) is 5.11 Å². The van der Waals surface area contributed by atoms with E-state index in [-0.39, 0.29) is 11.3 Å². The summed E-state index contributed by atoms with van der Waals surface area (Å²) in [6.07, 6.45) is -1.24. The van der Waals surface area contributed by atoms with E-state index in [0.29, 0.717) is 6.54 Å². The molecule has 1 aromatic carbocycles. The lowest BCUT2D eigenvalue weighted by molar-refractivity contribution is -0.137. The second-order valence-corrected chi connectivity index (χ2v) is 4.72. The zero-order valence-corrected chi connectivity index (χ0v) is 11.4. The van der Waals surface area contributed by atoms with Crippen LogP contribution in [0.15, 0.2) is 42.7 Å². The zero-order chi connectivity index (χ0) is 15.5. The molecule has 2 aromatic rings. The number of aliphatic hydroxyl groups excluding tert-OH is 1. The Morgan fingerprint density at radius 3 is 2.52 bits per heavy atom. The molecular weight excluding hydrogens is 281 g/mol. The highest BCUT2D eigenvalue weighted by Gasteiger charge is 2.34. The van der Waals surface area contributed by atoms with Crippen molar-refractivity contribution >= 4 is 5.69 Å². The minimum Gasteiger partial charge on any atom is -0.392 e. The highest BCUT2D eigenvalue weighted by atomic mass is 19.4. The fraction of sp³-hybridized carbons (Fsp3) is 0.267. The number of hydrogen-bond acceptors (Lipinski definition) is 3. The highest BCUT2D eigenvalue weighted by Crippen LogP contribution is 2.37. The Morgan fingerprint density at radius 2 is 1.95 bits per heavy atom. The number of aromatic nitrogens is 1. The molecule has 0 saturated carbocycles. The number of anilines is 1. The Bertz CT molecular complexity index is 600. The van der Waals surface area contributed by atoms with Crippen LogP contribution in [0.2, 0.25) is 0 Å². The number of aliphatic hydroxyl groups is 1. The van der Waals surface area contributed by atoms with Gasteiger partial charge in [0.1, 0.15) is 0 Å². The average Bonchev–Trinajstić information content (AvgIpc) is 2.46. The minimum atomic E-state index is -4.47. The summed E-state index contributed by atoms with van der Waals surface area (Å²) in [4.78, 5) is 5.46. The van der Waals surface area contributed by atoms with Gasteiger partial charge in [-0.25, -0.2) is 0 Å². The molecule has 0 unspecified atom stereocenters. The Hall–Kier alpha value is -2.08. The molecule has 21 heavy (non-hydrogen) atoms. The van der Waals surface area contributed by atoms with Crippen LogP contribution in [-0.2, 0) is 19.3 Å². The van der Waals surface area contributed by atoms with Crippen LogP contribution in [0.4, 0.5) is 18.9 Å². The molecule has 0 saturated heterocycles. The summed E-state index contributed by atoms with van der Waals surface area (Å²) in [5.41, 5.74) is 0.379. The first-order chi connectivity index (χ1) is 9.91. The van der Waals surface area contributed by atoms with Crippen molar-refractivity contribution in [2.45, 2.75) is 19.3 Å². The number of alkyl halides is 3. The van der Waals surface area contributed by atoms with Gasteiger partial charge in [-0.05, 0) is 29.3 Å². The fourth-order valence-corrected chi connectivity index (χ4v) is 2.09. The minimum absolute atomic E-state index is 0.0727. The first-order valence-corrected chi connectivity index (χ1v) is 6.33. The highest BCUT2D eigenvalue weighted by molar-refractivity contribution is 5.56. The van der Waals surface area contributed by atoms with E-state index in [2.05, 4.69) is 4.98 Å². The summed E-state index contributed by atoms with van der Waals surface area (Å²) in [6.45, 7) is -0.106. The lowest BCUT2D eigenvalue weighted by Crippen LogP contribution is -2.21. The predicted octanol–water partition coefficient (Wildman–Crippen LogP) is 3.23. The third kappa shape index (κ3) is 3.72. The molecule has 0 aliphatic carbocycles. The second kappa shape index (κ2) is 6.13. The summed E-state index contributed by atoms with van der Waals surface area (Å²) in [7, 11) is 1.59. The van der Waals surface area contributed by atoms with Crippen molar-refractivity contribution < 1.29 is 18.3 Å². The van der Waals surface area contributed by atoms with Gasteiger partial charge >= 0.3 is 6.18 Å². The summed E-state index contributed by atoms with van der Waals surface area (Å²) >= 11 is 0. The summed E-state index contributed by atoms with van der Waals surface area (Å²) in [6, 6.07) is 7.39. The van der Waals surface area contributed by atoms with Crippen LogP contribution in [-0.4, -0.2) is 17.1 Å². The Morgan fingerprint density at radius 1 is 1.19 bits per heavy atom. The summed E-state index contributed by atoms with van der Waals surface area (Å²) in [5, 5.41) is 9.00. The van der Waals surface area contributed by atoms with Crippen molar-refractivity contribution in [1.29, 1.82) is 0 Å². The van der Waals surface area contributed by atoms with Crippen LogP contribution >= 0.6 is 0 Å². The Labute approximate surface area is 120 Å². The standard InChI is InChI=1S/C15H15F3N2O/c1-20(9-12-3-2-6-19-8-12)14-5-4-11(10-21)7-13(14)15(16,17)18/h2-8,21H,9-10H2,1H3. The zero-order valence-electron chi connectivity index (χ0n) is 11.4. The van der Waals surface area contributed by atoms with Crippen molar-refractivity contribution in [2.75, 3.05) is 11.9 Å². The monoisotopic (exact) mass is 296 g/mol. The molecule has 1 N–H and O–H groups in total. The predicted molar refractivity (Wildman–Crippen MR) is 73.7 cm³/mol. The van der Waals surface area contributed by atoms with Gasteiger partial charge in [-0.2, -0.15) is 13.2 Å². The van der Waals surface area contributed by atoms with E-state index in [1.54, 1.807) is 31.6 Å². The van der Waals surface area contributed by atoms with E-state index in [0.717, 1.165) is 11.6 Å². The molecule has 0 fully saturated rings. The third-order valence-electron chi connectivity index (χ3n) is 3.10. The molecule has 112 valence electrons. The summed E-state index contributed by atoms with van der Waals surface area (Å²) < 4.78 is 39.4. The molecule has 0 amide bonds. The van der Waals surface area contributed by atoms with E-state index in [9.17, 15) is 13.2 Å². The lowest BCUT2D eigenvalue weighted by atomic mass is 10.1. The SMILES string of the molecule is CN(Cc1cccnc1)c1ccc(CO)cc1C(F)(F)F. The fourth-order valence-electron chi connectivity index (χ4n) is 2.09. The molecular formula is C15H15F3N2O. The van der Waals surface area contributed by atoms with Crippen LogP contribution in [0.1, 0.15) is 16.7 Å². The maximum absolute atomic E-state index is 13.1. The van der Waals surface area contributed by atoms with Gasteiger partial charge in [0, 0.05) is 31.7 Å². The van der Waals surface area contributed by atoms with Gasteiger partial charge in [0.25, 0.3) is 0 Å². The molecule has 6 heteroatoms. The molecule has 0 aliphatic rings. The molecule has 0 aliphatic heterocycles. The van der Waals surface area contributed by atoms with Crippen molar-refractivity contribution in [1.82, 2.24) is 4.98 Å². The lowest BCUT2D eigenvalue weighted by Gasteiger charge is -2.24. The molecule has 0 spiro atoms. The van der Waals surface area contributed by atoms with Crippen LogP contribution < -0.4 is 4.90 Å². The number of pyridine rings is 1. The summed E-state index contributed by atoms with van der Waals surface area (Å²) in [5.74, 6) is 0. The number of benzene rings is 1. The van der Waals surface area contributed by atoms with Crippen LogP contribution in [0, 0.1) is 0 Å². The number of hydrogen-bond donors (Lipinski definition) is 1. The first kappa shape index (κ1) is 15.3. The van der Waals surface area contributed by atoms with Crippen LogP contribution in [0.5, 0.6) is 0 Å². The molecule has 3 nitrogen and oxygen atoms in total. The van der Waals surface area contributed by atoms with E-state index >= 15 is 0 Å². The van der Waals surface area contributed by atoms with Gasteiger partial charge in [-0.15, -0.1) is 0 Å². The van der Waals surface area contributed by atoms with Crippen molar-refractivity contribution in [3.05, 3.63) is 59.4 Å². The Balaban J connectivity index is 2.34. The average molecular weight is 296 g/mol. The number of halogens is 3. The van der Waals surface area contributed by atoms with Crippen LogP contribution in [0.3, 0.4) is 0 Å². The van der Waals surface area contributed by atoms with Gasteiger partial charge < -0.3 is 10.0 Å². The first-order valence-electron chi connectivity index (χ1n) is 6.33. The Kier molecular flexibility index (Phi) is 4.47. The molecule has 1 aromatic heterocycles. The largest absolute Gasteiger partial charge is 0.418 e. The second-order valence-electron chi connectivity index (χ2n) is 4.72. The maximum Gasteiger partial charge on any atom is 0.418 e. The van der Waals surface area contributed by atoms with Crippen molar-refractivity contribution in [3.63, 3.8) is 0 Å².